The van der Waals surface area contributed by atoms with E-state index in [0.717, 1.165) is 0 Å². The standard InChI is InChI=1S/C3H6N.ClH.Cu/c1-2-3-4;;/h2-3H,1,4H2;1H;/q-1;;+1. The van der Waals surface area contributed by atoms with Gasteiger partial charge in [-0.05, 0) is 0 Å². The summed E-state index contributed by atoms with van der Waals surface area (Å²) in [5, 5.41) is 0. The average molecular weight is 156 g/mol. The summed E-state index contributed by atoms with van der Waals surface area (Å²) in [7, 11) is 0. The summed E-state index contributed by atoms with van der Waals surface area (Å²) in [5.41, 5.74) is 4.78. The Morgan fingerprint density at radius 2 is 1.83 bits per heavy atom. The Kier molecular flexibility index (Phi) is 49.1. The Morgan fingerprint density at radius 1 is 1.67 bits per heavy atom. The van der Waals surface area contributed by atoms with Crippen molar-refractivity contribution in [2.75, 3.05) is 0 Å². The van der Waals surface area contributed by atoms with Crippen LogP contribution in [0.25, 0.3) is 0 Å². The Morgan fingerprint density at radius 3 is 1.83 bits per heavy atom. The van der Waals surface area contributed by atoms with Gasteiger partial charge in [-0.25, -0.2) is 12.7 Å². The largest absolute Gasteiger partial charge is 1.00 e. The third-order valence-electron chi connectivity index (χ3n) is 0.136. The molecule has 0 unspecified atom stereocenters. The number of halogens is 1. The van der Waals surface area contributed by atoms with Crippen molar-refractivity contribution in [2.24, 2.45) is 5.73 Å². The summed E-state index contributed by atoms with van der Waals surface area (Å²) >= 11 is 0. The third kappa shape index (κ3) is 26.3. The van der Waals surface area contributed by atoms with E-state index in [2.05, 4.69) is 6.58 Å². The number of hydrogen-bond donors (Lipinski definition) is 1. The van der Waals surface area contributed by atoms with Gasteiger partial charge in [0.05, 0.1) is 0 Å². The van der Waals surface area contributed by atoms with Crippen molar-refractivity contribution < 1.29 is 17.1 Å². The first kappa shape index (κ1) is 16.2. The van der Waals surface area contributed by atoms with Gasteiger partial charge in [0.25, 0.3) is 0 Å². The molecule has 0 rings (SSSR count). The maximum absolute atomic E-state index is 4.78. The second-order valence-electron chi connectivity index (χ2n) is 0.428. The van der Waals surface area contributed by atoms with E-state index in [1.165, 1.54) is 12.6 Å². The fraction of sp³-hybridized carbons (Fsp3) is 0. The minimum Gasteiger partial charge on any atom is -0.387 e. The zero-order valence-corrected chi connectivity index (χ0v) is 4.91. The normalized spacial score (nSPS) is 3.50. The summed E-state index contributed by atoms with van der Waals surface area (Å²) in [6, 6.07) is 0. The molecule has 0 spiro atoms. The first-order chi connectivity index (χ1) is 1.91. The molecule has 0 aromatic rings. The zero-order valence-electron chi connectivity index (χ0n) is 3.15. The van der Waals surface area contributed by atoms with Gasteiger partial charge in [-0.1, -0.05) is 0 Å². The maximum Gasteiger partial charge on any atom is 1.00 e. The molecule has 0 radical (unpaired) electrons. The molecule has 3 heteroatoms. The molecule has 1 nitrogen and oxygen atoms in total. The maximum atomic E-state index is 4.78. The van der Waals surface area contributed by atoms with Crippen LogP contribution < -0.4 is 5.73 Å². The first-order valence-corrected chi connectivity index (χ1v) is 1.07. The van der Waals surface area contributed by atoms with E-state index >= 15 is 0 Å². The van der Waals surface area contributed by atoms with Crippen LogP contribution in [0, 0.1) is 6.54 Å². The SMILES string of the molecule is C=C[CH-]N.Cl.[Cu+]. The van der Waals surface area contributed by atoms with Crippen LogP contribution in [0.1, 0.15) is 0 Å². The van der Waals surface area contributed by atoms with Crippen molar-refractivity contribution in [3.8, 4) is 0 Å². The van der Waals surface area contributed by atoms with Crippen molar-refractivity contribution >= 4 is 12.4 Å². The topological polar surface area (TPSA) is 26.0 Å². The van der Waals surface area contributed by atoms with Crippen LogP contribution in [0.4, 0.5) is 0 Å². The Bertz CT molecular complexity index is 24.8. The molecule has 0 aliphatic rings. The van der Waals surface area contributed by atoms with Crippen molar-refractivity contribution in [2.45, 2.75) is 0 Å². The summed E-state index contributed by atoms with van der Waals surface area (Å²) in [4.78, 5) is 0. The number of nitrogens with two attached hydrogens (primary N) is 1. The molecule has 0 atom stereocenters. The molecule has 0 heterocycles. The molecule has 0 fully saturated rings. The van der Waals surface area contributed by atoms with E-state index in [-0.39, 0.29) is 29.5 Å². The summed E-state index contributed by atoms with van der Waals surface area (Å²) in [5.74, 6) is 0. The van der Waals surface area contributed by atoms with Gasteiger partial charge in [0.15, 0.2) is 0 Å². The molecule has 0 aromatic carbocycles. The predicted molar refractivity (Wildman–Crippen MR) is 25.9 cm³/mol. The van der Waals surface area contributed by atoms with Gasteiger partial charge in [0.1, 0.15) is 0 Å². The van der Waals surface area contributed by atoms with Crippen molar-refractivity contribution in [1.82, 2.24) is 0 Å². The Balaban J connectivity index is -0.0000000450. The van der Waals surface area contributed by atoms with E-state index in [1.54, 1.807) is 0 Å². The van der Waals surface area contributed by atoms with E-state index in [0.29, 0.717) is 0 Å². The predicted octanol–water partition coefficient (Wildman–Crippen LogP) is 0.712. The Hall–Kier alpha value is 0.379. The minimum absolute atomic E-state index is 0. The van der Waals surface area contributed by atoms with Crippen LogP contribution in [0.5, 0.6) is 0 Å². The van der Waals surface area contributed by atoms with Crippen LogP contribution in [0.2, 0.25) is 0 Å². The molecule has 0 saturated heterocycles. The molecule has 6 heavy (non-hydrogen) atoms. The fourth-order valence-electron chi connectivity index (χ4n) is 0. The van der Waals surface area contributed by atoms with E-state index in [4.69, 9.17) is 5.73 Å². The number of hydrogen-bond acceptors (Lipinski definition) is 1. The molecular formula is C3H7ClCuN. The van der Waals surface area contributed by atoms with Crippen LogP contribution in [0.3, 0.4) is 0 Å². The number of rotatable bonds is 1. The van der Waals surface area contributed by atoms with Crippen molar-refractivity contribution in [1.29, 1.82) is 0 Å². The summed E-state index contributed by atoms with van der Waals surface area (Å²) < 4.78 is 0. The quantitative estimate of drug-likeness (QED) is 0.439. The van der Waals surface area contributed by atoms with E-state index in [1.807, 2.05) is 0 Å². The van der Waals surface area contributed by atoms with Gasteiger partial charge >= 0.3 is 17.1 Å². The molecule has 0 bridgehead atoms. The average Bonchev–Trinajstić information content (AvgIpc) is 1.37. The zero-order chi connectivity index (χ0) is 3.41. The van der Waals surface area contributed by atoms with Gasteiger partial charge in [-0.2, -0.15) is 6.54 Å². The van der Waals surface area contributed by atoms with E-state index in [9.17, 15) is 0 Å². The third-order valence-corrected chi connectivity index (χ3v) is 0.136. The fourth-order valence-corrected chi connectivity index (χ4v) is 0. The molecule has 2 N–H and O–H groups in total. The van der Waals surface area contributed by atoms with Crippen molar-refractivity contribution in [3.63, 3.8) is 0 Å². The molecule has 0 aliphatic heterocycles. The van der Waals surface area contributed by atoms with Gasteiger partial charge in [0.2, 0.25) is 0 Å². The summed E-state index contributed by atoms with van der Waals surface area (Å²) in [6.45, 7) is 4.69. The minimum atomic E-state index is 0. The van der Waals surface area contributed by atoms with Gasteiger partial charge in [-0.3, -0.25) is 0 Å². The second kappa shape index (κ2) is 18.2. The smallest absolute Gasteiger partial charge is 0.387 e. The first-order valence-electron chi connectivity index (χ1n) is 1.07. The van der Waals surface area contributed by atoms with E-state index < -0.39 is 0 Å². The molecule has 0 aliphatic carbocycles. The van der Waals surface area contributed by atoms with Crippen LogP contribution >= 0.6 is 12.4 Å². The van der Waals surface area contributed by atoms with Crippen LogP contribution in [0.15, 0.2) is 12.7 Å². The van der Waals surface area contributed by atoms with Crippen LogP contribution in [-0.4, -0.2) is 0 Å². The molecular weight excluding hydrogens is 149 g/mol. The van der Waals surface area contributed by atoms with Gasteiger partial charge < -0.3 is 5.73 Å². The van der Waals surface area contributed by atoms with Gasteiger partial charge in [-0.15, -0.1) is 12.4 Å². The molecule has 42 valence electrons. The van der Waals surface area contributed by atoms with Crippen LogP contribution in [-0.2, 0) is 17.1 Å². The summed E-state index contributed by atoms with van der Waals surface area (Å²) in [6.07, 6.45) is 1.53. The molecule has 0 saturated carbocycles. The monoisotopic (exact) mass is 155 g/mol. The Labute approximate surface area is 54.9 Å². The second-order valence-corrected chi connectivity index (χ2v) is 0.428. The van der Waals surface area contributed by atoms with Crippen molar-refractivity contribution in [3.05, 3.63) is 19.2 Å². The molecule has 0 aromatic heterocycles. The van der Waals surface area contributed by atoms with Gasteiger partial charge in [0, 0.05) is 0 Å². The molecule has 0 amide bonds.